The number of hydrogen-bond acceptors (Lipinski definition) is 16. The molecule has 8 aromatic rings. The monoisotopic (exact) mass is 2130 g/mol. The molecule has 4 saturated carbocycles. The van der Waals surface area contributed by atoms with Gasteiger partial charge in [0.1, 0.15) is 0 Å². The van der Waals surface area contributed by atoms with Crippen LogP contribution in [0.3, 0.4) is 0 Å². The standard InChI is InChI=1S/2C26H24Br2N2O4.2C18H12Br2N2O4/c27-17-12-16-20-19-15(23(31)29(25(33)21(17)19)13-7-3-1-4-8-13)11-18(28)22(20)26(34)30(24(16)32)14-9-5-2-6-10-14;27-17-11-15-19-16(24(32)29(23(15)31)13-7-3-1-4-8-13)12-18(28)21-22(19)20(17)25(33)30(26(21)34)14-9-5-2-6-10-14;1-3-21-15(23)7-5-10(20)14-12-8(16(24)22(4-2)18(14)26)6-9(19)13(11(7)12)17(21)25;1-3-21-15(23)7-5-9(19)12-14-11(7)8(16(21)24)6-10(20)13(14)18(26)22(4-2)17(12)25/h2*11-14H,1-10H2;2*5-6H,3-4H2,1-2H3. The second-order valence-corrected chi connectivity index (χ2v) is 38.6. The summed E-state index contributed by atoms with van der Waals surface area (Å²) in [6.07, 6.45) is 18.8. The van der Waals surface area contributed by atoms with Crippen LogP contribution in [0.25, 0.3) is 43.1 Å². The number of carbonyl (C=O) groups is 16. The van der Waals surface area contributed by atoms with Crippen molar-refractivity contribution in [2.45, 2.75) is 180 Å². The second-order valence-electron chi connectivity index (χ2n) is 31.8. The molecule has 0 bridgehead atoms. The van der Waals surface area contributed by atoms with Gasteiger partial charge in [-0.05, 0) is 255 Å². The van der Waals surface area contributed by atoms with Gasteiger partial charge in [-0.15, -0.1) is 0 Å². The third-order valence-corrected chi connectivity index (χ3v) is 30.5. The third kappa shape index (κ3) is 12.7. The van der Waals surface area contributed by atoms with E-state index >= 15 is 0 Å². The molecule has 0 unspecified atom stereocenters. The molecule has 0 spiro atoms. The van der Waals surface area contributed by atoms with E-state index in [1.807, 2.05) is 0 Å². The van der Waals surface area contributed by atoms with E-state index in [9.17, 15) is 76.7 Å². The van der Waals surface area contributed by atoms with Crippen LogP contribution in [0.4, 0.5) is 0 Å². The number of carbonyl (C=O) groups excluding carboxylic acids is 16. The quantitative estimate of drug-likeness (QED) is 0.128. The predicted octanol–water partition coefficient (Wildman–Crippen LogP) is 19.6. The molecule has 8 heterocycles. The highest BCUT2D eigenvalue weighted by atomic mass is 79.9. The molecule has 12 aliphatic rings. The number of nitrogens with zero attached hydrogens (tertiary/aromatic N) is 8. The smallest absolute Gasteiger partial charge is 0.262 e. The van der Waals surface area contributed by atoms with E-state index in [1.165, 1.54) is 19.6 Å². The molecule has 0 radical (unpaired) electrons. The number of hydrogen-bond donors (Lipinski definition) is 0. The molecule has 16 amide bonds. The van der Waals surface area contributed by atoms with Crippen LogP contribution < -0.4 is 0 Å². The minimum atomic E-state index is -0.440. The number of imide groups is 8. The van der Waals surface area contributed by atoms with Gasteiger partial charge in [-0.25, -0.2) is 0 Å². The Balaban J connectivity index is 0.000000115. The van der Waals surface area contributed by atoms with Crippen LogP contribution in [-0.4, -0.2) is 184 Å². The normalized spacial score (nSPS) is 19.3. The molecular weight excluding hydrogens is 2060 g/mol. The second kappa shape index (κ2) is 32.1. The fourth-order valence-corrected chi connectivity index (χ4v) is 24.8. The first-order chi connectivity index (χ1) is 57.4. The lowest BCUT2D eigenvalue weighted by Gasteiger charge is -2.39. The number of halogens is 8. The molecule has 4 fully saturated rings. The Morgan fingerprint density at radius 1 is 0.200 bits per heavy atom. The van der Waals surface area contributed by atoms with Crippen LogP contribution in [0, 0.1) is 0 Å². The Morgan fingerprint density at radius 2 is 0.350 bits per heavy atom. The van der Waals surface area contributed by atoms with Crippen LogP contribution in [0.2, 0.25) is 0 Å². The van der Waals surface area contributed by atoms with Crippen LogP contribution in [-0.2, 0) is 0 Å². The van der Waals surface area contributed by atoms with E-state index in [-0.39, 0.29) is 97.6 Å². The summed E-state index contributed by atoms with van der Waals surface area (Å²) in [5.74, 6) is -6.19. The fraction of sp³-hybridized carbons (Fsp3) is 0.364. The minimum absolute atomic E-state index is 0.119. The summed E-state index contributed by atoms with van der Waals surface area (Å²) in [4.78, 5) is 222. The fourth-order valence-electron chi connectivity index (χ4n) is 20.0. The van der Waals surface area contributed by atoms with Crippen molar-refractivity contribution < 1.29 is 76.7 Å². The molecule has 20 rings (SSSR count). The Hall–Kier alpha value is -8.24. The molecule has 24 nitrogen and oxygen atoms in total. The van der Waals surface area contributed by atoms with Crippen LogP contribution in [0.15, 0.2) is 84.3 Å². The van der Waals surface area contributed by atoms with Crippen molar-refractivity contribution in [3.63, 3.8) is 0 Å². The molecule has 120 heavy (non-hydrogen) atoms. The maximum absolute atomic E-state index is 13.7. The van der Waals surface area contributed by atoms with Gasteiger partial charge in [0.2, 0.25) is 0 Å². The van der Waals surface area contributed by atoms with Crippen molar-refractivity contribution in [2.75, 3.05) is 26.2 Å². The summed E-state index contributed by atoms with van der Waals surface area (Å²) in [6.45, 7) is 7.80. The van der Waals surface area contributed by atoms with Crippen molar-refractivity contribution in [3.8, 4) is 0 Å². The lowest BCUT2D eigenvalue weighted by atomic mass is 9.83. The first-order valence-electron chi connectivity index (χ1n) is 40.4. The van der Waals surface area contributed by atoms with Crippen molar-refractivity contribution in [3.05, 3.63) is 173 Å². The SMILES string of the molecule is CCN1C(=O)c2cc(Br)c3c4c(c(Br)cc(c24)C1=O)C(=O)N(CC)C3=O.CCN1C(=O)c2cc(Br)c3c4c(cc(Br)c(c24)C1=O)C(=O)N(CC)C3=O.O=C1c2cc(Br)c3c4c(c(Br)cc(c24)C(=O)N1C1CCCCC1)C(=O)N(C1CCCCC1)C3=O.O=C1c2cc(Br)c3c4c(cc(Br)c(c24)C(=O)N1C1CCCCC1)C(=O)N(C1CCCCC1)C3=O. The lowest BCUT2D eigenvalue weighted by Crippen LogP contribution is -2.50. The highest BCUT2D eigenvalue weighted by molar-refractivity contribution is 9.11. The summed E-state index contributed by atoms with van der Waals surface area (Å²) in [5, 5.41) is 3.16. The molecule has 0 aromatic heterocycles. The average Bonchev–Trinajstić information content (AvgIpc) is 0.639. The Bertz CT molecular complexity index is 5880. The number of amides is 16. The molecule has 32 heteroatoms. The van der Waals surface area contributed by atoms with Crippen molar-refractivity contribution >= 4 is 265 Å². The highest BCUT2D eigenvalue weighted by Gasteiger charge is 2.51. The van der Waals surface area contributed by atoms with E-state index in [0.29, 0.717) is 168 Å². The number of rotatable bonds is 8. The van der Waals surface area contributed by atoms with E-state index < -0.39 is 47.3 Å². The summed E-state index contributed by atoms with van der Waals surface area (Å²) in [6, 6.07) is 12.5. The summed E-state index contributed by atoms with van der Waals surface area (Å²) in [7, 11) is 0. The van der Waals surface area contributed by atoms with Crippen LogP contribution in [0.5, 0.6) is 0 Å². The van der Waals surface area contributed by atoms with Crippen LogP contribution in [0.1, 0.15) is 322 Å². The van der Waals surface area contributed by atoms with Crippen LogP contribution >= 0.6 is 127 Å². The summed E-state index contributed by atoms with van der Waals surface area (Å²) < 4.78 is 3.70. The summed E-state index contributed by atoms with van der Waals surface area (Å²) in [5.41, 5.74) is 5.44. The zero-order chi connectivity index (χ0) is 85.3. The van der Waals surface area contributed by atoms with Crippen molar-refractivity contribution in [1.82, 2.24) is 39.2 Å². The van der Waals surface area contributed by atoms with Crippen molar-refractivity contribution in [1.29, 1.82) is 0 Å². The van der Waals surface area contributed by atoms with E-state index in [0.717, 1.165) is 148 Å². The van der Waals surface area contributed by atoms with E-state index in [4.69, 9.17) is 0 Å². The summed E-state index contributed by atoms with van der Waals surface area (Å²) >= 11 is 27.7. The predicted molar refractivity (Wildman–Crippen MR) is 471 cm³/mol. The molecule has 8 aromatic carbocycles. The van der Waals surface area contributed by atoms with Gasteiger partial charge in [-0.1, -0.05) is 77.0 Å². The van der Waals surface area contributed by atoms with Crippen molar-refractivity contribution in [2.24, 2.45) is 0 Å². The maximum atomic E-state index is 13.7. The Morgan fingerprint density at radius 3 is 0.575 bits per heavy atom. The molecule has 0 saturated heterocycles. The first-order valence-corrected chi connectivity index (χ1v) is 46.7. The largest absolute Gasteiger partial charge is 0.275 e. The Kier molecular flexibility index (Phi) is 22.5. The molecule has 0 atom stereocenters. The molecule has 4 aliphatic carbocycles. The van der Waals surface area contributed by atoms with Gasteiger partial charge < -0.3 is 0 Å². The highest BCUT2D eigenvalue weighted by Crippen LogP contribution is 2.52. The van der Waals surface area contributed by atoms with Gasteiger partial charge in [0.05, 0.1) is 44.5 Å². The topological polar surface area (TPSA) is 299 Å². The molecule has 8 aliphatic heterocycles. The van der Waals surface area contributed by atoms with Gasteiger partial charge in [0.25, 0.3) is 94.5 Å². The van der Waals surface area contributed by atoms with Gasteiger partial charge >= 0.3 is 0 Å². The minimum Gasteiger partial charge on any atom is -0.275 e. The van der Waals surface area contributed by atoms with Gasteiger partial charge in [-0.2, -0.15) is 0 Å². The van der Waals surface area contributed by atoms with E-state index in [1.54, 1.807) is 76.2 Å². The molecule has 0 N–H and O–H groups in total. The first kappa shape index (κ1) is 84.0. The molecular formula is C88H72Br8N8O16. The zero-order valence-corrected chi connectivity index (χ0v) is 77.7. The number of benzene rings is 8. The van der Waals surface area contributed by atoms with Gasteiger partial charge in [0.15, 0.2) is 0 Å². The zero-order valence-electron chi connectivity index (χ0n) is 65.0. The van der Waals surface area contributed by atoms with E-state index in [2.05, 4.69) is 127 Å². The van der Waals surface area contributed by atoms with Gasteiger partial charge in [0, 0.05) is 174 Å². The maximum Gasteiger partial charge on any atom is 0.262 e. The molecule has 616 valence electrons. The lowest BCUT2D eigenvalue weighted by molar-refractivity contribution is 0.0480. The average molecular weight is 2140 g/mol. The van der Waals surface area contributed by atoms with Gasteiger partial charge in [-0.3, -0.25) is 116 Å². The third-order valence-electron chi connectivity index (χ3n) is 25.5. The Labute approximate surface area is 753 Å².